The van der Waals surface area contributed by atoms with Crippen LogP contribution < -0.4 is 14.8 Å². The first-order valence-electron chi connectivity index (χ1n) is 6.81. The van der Waals surface area contributed by atoms with Gasteiger partial charge in [-0.15, -0.1) is 0 Å². The summed E-state index contributed by atoms with van der Waals surface area (Å²) in [5, 5.41) is 2.77. The maximum atomic E-state index is 12.9. The van der Waals surface area contributed by atoms with E-state index in [1.807, 2.05) is 0 Å². The molecule has 0 aliphatic heterocycles. The second-order valence-electron chi connectivity index (χ2n) is 5.25. The molecule has 116 valence electrons. The third-order valence-electron chi connectivity index (χ3n) is 3.06. The number of anilines is 1. The maximum Gasteiger partial charge on any atom is 0.267 e. The van der Waals surface area contributed by atoms with Gasteiger partial charge in [0.05, 0.1) is 7.11 Å². The Morgan fingerprint density at radius 1 is 1.09 bits per heavy atom. The SMILES string of the molecule is COc1cccc(NC(=O)C(C)(C)Oc2ccc(F)cc2)c1. The Balaban J connectivity index is 2.07. The summed E-state index contributed by atoms with van der Waals surface area (Å²) in [6, 6.07) is 12.6. The van der Waals surface area contributed by atoms with Gasteiger partial charge in [-0.05, 0) is 50.2 Å². The van der Waals surface area contributed by atoms with Gasteiger partial charge in [-0.3, -0.25) is 4.79 Å². The molecule has 0 heterocycles. The molecule has 0 radical (unpaired) electrons. The van der Waals surface area contributed by atoms with E-state index in [1.54, 1.807) is 45.2 Å². The van der Waals surface area contributed by atoms with Crippen LogP contribution >= 0.6 is 0 Å². The molecular formula is C17H18FNO3. The van der Waals surface area contributed by atoms with Gasteiger partial charge >= 0.3 is 0 Å². The number of rotatable bonds is 5. The van der Waals surface area contributed by atoms with Crippen molar-refractivity contribution in [3.63, 3.8) is 0 Å². The largest absolute Gasteiger partial charge is 0.497 e. The van der Waals surface area contributed by atoms with E-state index in [2.05, 4.69) is 5.32 Å². The zero-order valence-corrected chi connectivity index (χ0v) is 12.7. The van der Waals surface area contributed by atoms with Crippen molar-refractivity contribution in [3.8, 4) is 11.5 Å². The predicted molar refractivity (Wildman–Crippen MR) is 82.7 cm³/mol. The molecule has 22 heavy (non-hydrogen) atoms. The number of ether oxygens (including phenoxy) is 2. The van der Waals surface area contributed by atoms with Crippen molar-refractivity contribution in [2.24, 2.45) is 0 Å². The fraction of sp³-hybridized carbons (Fsp3) is 0.235. The Morgan fingerprint density at radius 2 is 1.77 bits per heavy atom. The highest BCUT2D eigenvalue weighted by Crippen LogP contribution is 2.22. The molecule has 0 atom stereocenters. The highest BCUT2D eigenvalue weighted by Gasteiger charge is 2.30. The number of methoxy groups -OCH3 is 1. The third kappa shape index (κ3) is 3.97. The predicted octanol–water partition coefficient (Wildman–Crippen LogP) is 3.63. The van der Waals surface area contributed by atoms with Gasteiger partial charge in [-0.1, -0.05) is 6.07 Å². The van der Waals surface area contributed by atoms with E-state index >= 15 is 0 Å². The fourth-order valence-electron chi connectivity index (χ4n) is 1.83. The van der Waals surface area contributed by atoms with Crippen LogP contribution in [0.25, 0.3) is 0 Å². The van der Waals surface area contributed by atoms with E-state index in [0.717, 1.165) is 0 Å². The van der Waals surface area contributed by atoms with Crippen molar-refractivity contribution in [2.45, 2.75) is 19.4 Å². The van der Waals surface area contributed by atoms with Crippen LogP contribution in [0, 0.1) is 5.82 Å². The number of hydrogen-bond acceptors (Lipinski definition) is 3. The molecule has 0 bridgehead atoms. The molecular weight excluding hydrogens is 285 g/mol. The molecule has 1 amide bonds. The van der Waals surface area contributed by atoms with Gasteiger partial charge in [0.15, 0.2) is 5.60 Å². The van der Waals surface area contributed by atoms with Gasteiger partial charge in [-0.25, -0.2) is 4.39 Å². The molecule has 4 nitrogen and oxygen atoms in total. The molecule has 2 aromatic carbocycles. The van der Waals surface area contributed by atoms with Crippen molar-refractivity contribution >= 4 is 11.6 Å². The highest BCUT2D eigenvalue weighted by molar-refractivity contribution is 5.97. The lowest BCUT2D eigenvalue weighted by Gasteiger charge is -2.25. The van der Waals surface area contributed by atoms with E-state index in [-0.39, 0.29) is 11.7 Å². The normalized spacial score (nSPS) is 10.9. The van der Waals surface area contributed by atoms with Crippen LogP contribution in [0.3, 0.4) is 0 Å². The van der Waals surface area contributed by atoms with Crippen molar-refractivity contribution in [1.29, 1.82) is 0 Å². The molecule has 2 aromatic rings. The van der Waals surface area contributed by atoms with E-state index in [9.17, 15) is 9.18 Å². The molecule has 5 heteroatoms. The third-order valence-corrected chi connectivity index (χ3v) is 3.06. The Labute approximate surface area is 128 Å². The Morgan fingerprint density at radius 3 is 2.41 bits per heavy atom. The summed E-state index contributed by atoms with van der Waals surface area (Å²) in [7, 11) is 1.56. The molecule has 0 aromatic heterocycles. The molecule has 1 N–H and O–H groups in total. The van der Waals surface area contributed by atoms with Crippen molar-refractivity contribution < 1.29 is 18.7 Å². The Hall–Kier alpha value is -2.56. The minimum absolute atomic E-state index is 0.315. The summed E-state index contributed by atoms with van der Waals surface area (Å²) in [4.78, 5) is 12.4. The molecule has 0 unspecified atom stereocenters. The van der Waals surface area contributed by atoms with Crippen LogP contribution in [0.15, 0.2) is 48.5 Å². The van der Waals surface area contributed by atoms with Crippen molar-refractivity contribution in [1.82, 2.24) is 0 Å². The van der Waals surface area contributed by atoms with Crippen LogP contribution in [-0.2, 0) is 4.79 Å². The number of carbonyl (C=O) groups is 1. The average Bonchev–Trinajstić information content (AvgIpc) is 2.49. The molecule has 2 rings (SSSR count). The van der Waals surface area contributed by atoms with E-state index in [1.165, 1.54) is 24.3 Å². The highest BCUT2D eigenvalue weighted by atomic mass is 19.1. The quantitative estimate of drug-likeness (QED) is 0.917. The van der Waals surface area contributed by atoms with Crippen LogP contribution in [0.5, 0.6) is 11.5 Å². The Bertz CT molecular complexity index is 653. The topological polar surface area (TPSA) is 47.6 Å². The summed E-state index contributed by atoms with van der Waals surface area (Å²) in [5.74, 6) is 0.401. The monoisotopic (exact) mass is 303 g/mol. The minimum atomic E-state index is -1.11. The summed E-state index contributed by atoms with van der Waals surface area (Å²) in [6.45, 7) is 3.29. The van der Waals surface area contributed by atoms with Crippen molar-refractivity contribution in [2.75, 3.05) is 12.4 Å². The number of amides is 1. The lowest BCUT2D eigenvalue weighted by atomic mass is 10.1. The van der Waals surface area contributed by atoms with Crippen LogP contribution in [0.2, 0.25) is 0 Å². The number of carbonyl (C=O) groups excluding carboxylic acids is 1. The molecule has 0 spiro atoms. The molecule has 0 saturated heterocycles. The number of halogens is 1. The van der Waals surface area contributed by atoms with Gasteiger partial charge in [0, 0.05) is 11.8 Å². The van der Waals surface area contributed by atoms with E-state index in [4.69, 9.17) is 9.47 Å². The summed E-state index contributed by atoms with van der Waals surface area (Å²) in [6.07, 6.45) is 0. The van der Waals surface area contributed by atoms with Crippen molar-refractivity contribution in [3.05, 3.63) is 54.3 Å². The molecule has 0 aliphatic rings. The second kappa shape index (κ2) is 6.47. The fourth-order valence-corrected chi connectivity index (χ4v) is 1.83. The summed E-state index contributed by atoms with van der Waals surface area (Å²) < 4.78 is 23.6. The first-order valence-corrected chi connectivity index (χ1v) is 6.81. The molecule has 0 saturated carbocycles. The number of nitrogens with one attached hydrogen (secondary N) is 1. The van der Waals surface area contributed by atoms with Crippen LogP contribution in [0.1, 0.15) is 13.8 Å². The lowest BCUT2D eigenvalue weighted by Crippen LogP contribution is -2.42. The van der Waals surface area contributed by atoms with Gasteiger partial charge in [0.25, 0.3) is 5.91 Å². The molecule has 0 fully saturated rings. The smallest absolute Gasteiger partial charge is 0.267 e. The summed E-state index contributed by atoms with van der Waals surface area (Å²) >= 11 is 0. The number of benzene rings is 2. The van der Waals surface area contributed by atoms with Gasteiger partial charge < -0.3 is 14.8 Å². The van der Waals surface area contributed by atoms with Gasteiger partial charge in [0.2, 0.25) is 0 Å². The second-order valence-corrected chi connectivity index (χ2v) is 5.25. The van der Waals surface area contributed by atoms with Gasteiger partial charge in [-0.2, -0.15) is 0 Å². The first-order chi connectivity index (χ1) is 10.4. The zero-order valence-electron chi connectivity index (χ0n) is 12.7. The number of hydrogen-bond donors (Lipinski definition) is 1. The van der Waals surface area contributed by atoms with Crippen LogP contribution in [-0.4, -0.2) is 18.6 Å². The first kappa shape index (κ1) is 15.8. The zero-order chi connectivity index (χ0) is 16.2. The van der Waals surface area contributed by atoms with Gasteiger partial charge in [0.1, 0.15) is 17.3 Å². The average molecular weight is 303 g/mol. The maximum absolute atomic E-state index is 12.9. The van der Waals surface area contributed by atoms with E-state index in [0.29, 0.717) is 17.2 Å². The lowest BCUT2D eigenvalue weighted by molar-refractivity contribution is -0.128. The minimum Gasteiger partial charge on any atom is -0.497 e. The standard InChI is InChI=1S/C17H18FNO3/c1-17(2,22-14-9-7-12(18)8-10-14)16(20)19-13-5-4-6-15(11-13)21-3/h4-11H,1-3H3,(H,19,20). The van der Waals surface area contributed by atoms with Crippen LogP contribution in [0.4, 0.5) is 10.1 Å². The Kier molecular flexibility index (Phi) is 4.65. The summed E-state index contributed by atoms with van der Waals surface area (Å²) in [5.41, 5.74) is -0.499. The van der Waals surface area contributed by atoms with E-state index < -0.39 is 5.60 Å². The molecule has 0 aliphatic carbocycles.